The Morgan fingerprint density at radius 3 is 2.44 bits per heavy atom. The molecule has 7 heteroatoms. The second-order valence-corrected chi connectivity index (χ2v) is 6.11. The van der Waals surface area contributed by atoms with Crippen LogP contribution in [-0.4, -0.2) is 21.6 Å². The van der Waals surface area contributed by atoms with E-state index in [1.165, 1.54) is 12.1 Å². The number of benzene rings is 3. The first-order valence-corrected chi connectivity index (χ1v) is 8.18. The van der Waals surface area contributed by atoms with Gasteiger partial charge in [0.25, 0.3) is 11.6 Å². The van der Waals surface area contributed by atoms with Gasteiger partial charge in [0, 0.05) is 17.2 Å². The number of carbonyl (C=O) groups excluding carboxylic acids is 1. The number of nitro groups is 1. The highest BCUT2D eigenvalue weighted by atomic mass is 16.6. The van der Waals surface area contributed by atoms with Gasteiger partial charge < -0.3 is 5.11 Å². The molecule has 0 aliphatic carbocycles. The number of hydrazone groups is 1. The van der Waals surface area contributed by atoms with E-state index in [2.05, 4.69) is 10.5 Å². The molecular formula is C20H17N3O4. The molecule has 1 amide bonds. The molecule has 0 heterocycles. The van der Waals surface area contributed by atoms with Gasteiger partial charge in [-0.25, -0.2) is 5.43 Å². The van der Waals surface area contributed by atoms with Crippen LogP contribution in [0.5, 0.6) is 5.75 Å². The molecule has 3 aromatic rings. The number of fused-ring (bicyclic) bond motifs is 1. The maximum absolute atomic E-state index is 12.4. The molecule has 0 aromatic heterocycles. The topological polar surface area (TPSA) is 105 Å². The zero-order valence-corrected chi connectivity index (χ0v) is 14.8. The van der Waals surface area contributed by atoms with E-state index in [1.807, 2.05) is 24.3 Å². The molecule has 3 rings (SSSR count). The van der Waals surface area contributed by atoms with Gasteiger partial charge in [0.05, 0.1) is 16.2 Å². The molecule has 0 radical (unpaired) electrons. The zero-order chi connectivity index (χ0) is 19.6. The SMILES string of the molecule is C/C(=N\NC(=O)c1cc2ccccc2cc1O)c1ccc(C)c([N+](=O)[O-])c1. The smallest absolute Gasteiger partial charge is 0.275 e. The lowest BCUT2D eigenvalue weighted by Gasteiger charge is -2.07. The summed E-state index contributed by atoms with van der Waals surface area (Å²) in [5.41, 5.74) is 3.94. The van der Waals surface area contributed by atoms with Crippen LogP contribution in [-0.2, 0) is 0 Å². The Morgan fingerprint density at radius 1 is 1.11 bits per heavy atom. The molecule has 0 unspecified atom stereocenters. The Balaban J connectivity index is 1.85. The van der Waals surface area contributed by atoms with Crippen molar-refractivity contribution in [2.75, 3.05) is 0 Å². The van der Waals surface area contributed by atoms with Gasteiger partial charge >= 0.3 is 0 Å². The number of phenolic OH excluding ortho intramolecular Hbond substituents is 1. The molecule has 2 N–H and O–H groups in total. The number of hydrogen-bond acceptors (Lipinski definition) is 5. The van der Waals surface area contributed by atoms with Crippen molar-refractivity contribution in [3.8, 4) is 5.75 Å². The lowest BCUT2D eigenvalue weighted by molar-refractivity contribution is -0.385. The Bertz CT molecular complexity index is 1090. The highest BCUT2D eigenvalue weighted by Crippen LogP contribution is 2.25. The van der Waals surface area contributed by atoms with Crippen LogP contribution < -0.4 is 5.43 Å². The molecule has 136 valence electrons. The van der Waals surface area contributed by atoms with Crippen molar-refractivity contribution >= 4 is 28.1 Å². The van der Waals surface area contributed by atoms with E-state index in [-0.39, 0.29) is 17.0 Å². The summed E-state index contributed by atoms with van der Waals surface area (Å²) in [7, 11) is 0. The van der Waals surface area contributed by atoms with Crippen molar-refractivity contribution in [2.24, 2.45) is 5.10 Å². The summed E-state index contributed by atoms with van der Waals surface area (Å²) >= 11 is 0. The molecule has 0 aliphatic heterocycles. The summed E-state index contributed by atoms with van der Waals surface area (Å²) in [6, 6.07) is 15.2. The average Bonchev–Trinajstić information content (AvgIpc) is 2.65. The van der Waals surface area contributed by atoms with Crippen molar-refractivity contribution < 1.29 is 14.8 Å². The third-order valence-corrected chi connectivity index (χ3v) is 4.26. The maximum Gasteiger partial charge on any atom is 0.275 e. The van der Waals surface area contributed by atoms with E-state index in [1.54, 1.807) is 32.0 Å². The Kier molecular flexibility index (Phi) is 4.85. The number of aryl methyl sites for hydroxylation is 1. The van der Waals surface area contributed by atoms with Gasteiger partial charge in [-0.15, -0.1) is 0 Å². The maximum atomic E-state index is 12.4. The van der Waals surface area contributed by atoms with Crippen LogP contribution in [0.15, 0.2) is 59.7 Å². The summed E-state index contributed by atoms with van der Waals surface area (Å²) in [5, 5.41) is 26.8. The molecule has 0 bridgehead atoms. The number of carbonyl (C=O) groups is 1. The molecule has 0 saturated heterocycles. The molecule has 27 heavy (non-hydrogen) atoms. The quantitative estimate of drug-likeness (QED) is 0.416. The number of rotatable bonds is 4. The fraction of sp³-hybridized carbons (Fsp3) is 0.100. The minimum absolute atomic E-state index is 0.0134. The van der Waals surface area contributed by atoms with Gasteiger partial charge in [0.2, 0.25) is 0 Å². The van der Waals surface area contributed by atoms with Gasteiger partial charge in [-0.3, -0.25) is 14.9 Å². The van der Waals surface area contributed by atoms with Crippen LogP contribution in [0.1, 0.15) is 28.4 Å². The van der Waals surface area contributed by atoms with Crippen molar-refractivity contribution in [1.82, 2.24) is 5.43 Å². The monoisotopic (exact) mass is 363 g/mol. The highest BCUT2D eigenvalue weighted by molar-refractivity contribution is 6.03. The summed E-state index contributed by atoms with van der Waals surface area (Å²) in [4.78, 5) is 23.0. The third-order valence-electron chi connectivity index (χ3n) is 4.26. The minimum Gasteiger partial charge on any atom is -0.507 e. The first kappa shape index (κ1) is 18.1. The van der Waals surface area contributed by atoms with E-state index in [9.17, 15) is 20.0 Å². The van der Waals surface area contributed by atoms with Crippen molar-refractivity contribution in [2.45, 2.75) is 13.8 Å². The van der Waals surface area contributed by atoms with Crippen molar-refractivity contribution in [3.05, 3.63) is 81.4 Å². The molecule has 0 spiro atoms. The first-order valence-electron chi connectivity index (χ1n) is 8.18. The molecular weight excluding hydrogens is 346 g/mol. The molecule has 0 fully saturated rings. The summed E-state index contributed by atoms with van der Waals surface area (Å²) in [6.07, 6.45) is 0. The number of phenols is 1. The Hall–Kier alpha value is -3.74. The minimum atomic E-state index is -0.570. The van der Waals surface area contributed by atoms with Gasteiger partial charge in [-0.1, -0.05) is 36.4 Å². The zero-order valence-electron chi connectivity index (χ0n) is 14.8. The van der Waals surface area contributed by atoms with E-state index < -0.39 is 10.8 Å². The molecule has 0 aliphatic rings. The van der Waals surface area contributed by atoms with Gasteiger partial charge in [-0.05, 0) is 36.8 Å². The molecule has 0 saturated carbocycles. The van der Waals surface area contributed by atoms with Crippen LogP contribution in [0.2, 0.25) is 0 Å². The predicted molar refractivity (Wildman–Crippen MR) is 103 cm³/mol. The second-order valence-electron chi connectivity index (χ2n) is 6.11. The van der Waals surface area contributed by atoms with Crippen molar-refractivity contribution in [3.63, 3.8) is 0 Å². The van der Waals surface area contributed by atoms with Crippen LogP contribution in [0, 0.1) is 17.0 Å². The van der Waals surface area contributed by atoms with E-state index in [4.69, 9.17) is 0 Å². The van der Waals surface area contributed by atoms with E-state index in [0.717, 1.165) is 10.8 Å². The van der Waals surface area contributed by atoms with Gasteiger partial charge in [0.15, 0.2) is 0 Å². The van der Waals surface area contributed by atoms with E-state index in [0.29, 0.717) is 16.8 Å². The standard InChI is InChI=1S/C20H17N3O4/c1-12-7-8-14(10-18(12)23(26)27)13(2)21-22-20(25)17-9-15-5-3-4-6-16(15)11-19(17)24/h3-11,24H,1-2H3,(H,22,25)/b21-13+. The summed E-state index contributed by atoms with van der Waals surface area (Å²) in [5.74, 6) is -0.718. The normalized spacial score (nSPS) is 11.4. The van der Waals surface area contributed by atoms with Gasteiger partial charge in [-0.2, -0.15) is 5.10 Å². The highest BCUT2D eigenvalue weighted by Gasteiger charge is 2.14. The molecule has 7 nitrogen and oxygen atoms in total. The molecule has 0 atom stereocenters. The number of amides is 1. The predicted octanol–water partition coefficient (Wildman–Crippen LogP) is 3.92. The van der Waals surface area contributed by atoms with Gasteiger partial charge in [0.1, 0.15) is 5.75 Å². The number of nitrogens with one attached hydrogen (secondary N) is 1. The van der Waals surface area contributed by atoms with Crippen LogP contribution in [0.4, 0.5) is 5.69 Å². The number of hydrogen-bond donors (Lipinski definition) is 2. The number of nitro benzene ring substituents is 1. The van der Waals surface area contributed by atoms with Crippen LogP contribution >= 0.6 is 0 Å². The average molecular weight is 363 g/mol. The third kappa shape index (κ3) is 3.77. The molecule has 3 aromatic carbocycles. The second kappa shape index (κ2) is 7.25. The lowest BCUT2D eigenvalue weighted by Crippen LogP contribution is -2.19. The Morgan fingerprint density at radius 2 is 1.78 bits per heavy atom. The fourth-order valence-electron chi connectivity index (χ4n) is 2.70. The Labute approximate surface area is 155 Å². The van der Waals surface area contributed by atoms with E-state index >= 15 is 0 Å². The summed E-state index contributed by atoms with van der Waals surface area (Å²) in [6.45, 7) is 3.29. The number of aromatic hydroxyl groups is 1. The first-order chi connectivity index (χ1) is 12.9. The van der Waals surface area contributed by atoms with Crippen molar-refractivity contribution in [1.29, 1.82) is 0 Å². The van der Waals surface area contributed by atoms with Crippen LogP contribution in [0.3, 0.4) is 0 Å². The number of nitrogens with zero attached hydrogens (tertiary/aromatic N) is 2. The lowest BCUT2D eigenvalue weighted by atomic mass is 10.1. The largest absolute Gasteiger partial charge is 0.507 e. The summed E-state index contributed by atoms with van der Waals surface area (Å²) < 4.78 is 0. The van der Waals surface area contributed by atoms with Crippen LogP contribution in [0.25, 0.3) is 10.8 Å². The fourth-order valence-corrected chi connectivity index (χ4v) is 2.70.